The van der Waals surface area contributed by atoms with E-state index < -0.39 is 26.2 Å². The number of aryl methyl sites for hydroxylation is 5. The second-order valence-electron chi connectivity index (χ2n) is 15.3. The molecule has 0 amide bonds. The van der Waals surface area contributed by atoms with Gasteiger partial charge in [-0.05, 0) is 108 Å². The summed E-state index contributed by atoms with van der Waals surface area (Å²) in [5.74, 6) is -1.11. The molecule has 0 saturated carbocycles. The maximum atomic E-state index is 13.5. The Kier molecular flexibility index (Phi) is 16.3. The lowest BCUT2D eigenvalue weighted by Gasteiger charge is -2.19. The Morgan fingerprint density at radius 2 is 0.782 bits per heavy atom. The van der Waals surface area contributed by atoms with Crippen LogP contribution in [0.5, 0.6) is 23.0 Å². The summed E-state index contributed by atoms with van der Waals surface area (Å²) in [4.78, 5) is 39.9. The summed E-state index contributed by atoms with van der Waals surface area (Å²) in [5, 5.41) is 0. The van der Waals surface area contributed by atoms with Crippen molar-refractivity contribution in [1.82, 2.24) is 0 Å². The summed E-state index contributed by atoms with van der Waals surface area (Å²) in [6.45, 7) is 14.6. The smallest absolute Gasteiger partial charge is 0.343 e. The van der Waals surface area contributed by atoms with Crippen LogP contribution >= 0.6 is 0 Å². The minimum absolute atomic E-state index is 0.0413. The van der Waals surface area contributed by atoms with Crippen molar-refractivity contribution in [2.24, 2.45) is 0 Å². The molecule has 0 heterocycles. The van der Waals surface area contributed by atoms with Crippen LogP contribution in [-0.2, 0) is 4.43 Å². The van der Waals surface area contributed by atoms with E-state index in [-0.39, 0.29) is 17.2 Å². The van der Waals surface area contributed by atoms with E-state index in [1.165, 1.54) is 69.2 Å². The Morgan fingerprint density at radius 3 is 1.18 bits per heavy atom. The summed E-state index contributed by atoms with van der Waals surface area (Å²) in [5.41, 5.74) is 5.53. The number of esters is 3. The van der Waals surface area contributed by atoms with Crippen molar-refractivity contribution in [3.8, 4) is 23.0 Å². The number of carbonyl (C=O) groups excluding carboxylic acids is 3. The van der Waals surface area contributed by atoms with E-state index >= 15 is 0 Å². The molecular formula is C46H58O8Si. The summed E-state index contributed by atoms with van der Waals surface area (Å²) < 4.78 is 28.9. The molecule has 0 spiro atoms. The fourth-order valence-electron chi connectivity index (χ4n) is 6.54. The normalized spacial score (nSPS) is 11.3. The molecule has 0 aliphatic rings. The molecule has 0 unspecified atom stereocenters. The molecule has 4 aromatic carbocycles. The van der Waals surface area contributed by atoms with Gasteiger partial charge in [-0.1, -0.05) is 85.8 Å². The highest BCUT2D eigenvalue weighted by atomic mass is 28.4. The molecule has 0 aliphatic heterocycles. The first-order valence-electron chi connectivity index (χ1n) is 19.5. The number of hydrogen-bond donors (Lipinski definition) is 0. The maximum Gasteiger partial charge on any atom is 0.343 e. The van der Waals surface area contributed by atoms with Crippen molar-refractivity contribution in [1.29, 1.82) is 0 Å². The fourth-order valence-corrected chi connectivity index (χ4v) is 7.84. The fraction of sp³-hybridized carbons (Fsp3) is 0.413. The zero-order valence-corrected chi connectivity index (χ0v) is 35.0. The predicted octanol–water partition coefficient (Wildman–Crippen LogP) is 11.6. The lowest BCUT2D eigenvalue weighted by molar-refractivity contribution is 0.0730. The molecule has 4 rings (SSSR count). The van der Waals surface area contributed by atoms with E-state index in [4.69, 9.17) is 23.4 Å². The number of benzene rings is 4. The van der Waals surface area contributed by atoms with Gasteiger partial charge in [0.2, 0.25) is 0 Å². The highest BCUT2D eigenvalue weighted by Crippen LogP contribution is 2.31. The largest absolute Gasteiger partial charge is 0.494 e. The molecule has 0 fully saturated rings. The van der Waals surface area contributed by atoms with Gasteiger partial charge in [0.15, 0.2) is 8.32 Å². The Labute approximate surface area is 328 Å². The average Bonchev–Trinajstić information content (AvgIpc) is 3.11. The third kappa shape index (κ3) is 14.8. The highest BCUT2D eigenvalue weighted by molar-refractivity contribution is 6.71. The van der Waals surface area contributed by atoms with Crippen LogP contribution in [0, 0.1) is 34.6 Å². The SMILES string of the molecule is CO[Si](C)(C)CCCCCCCCCCCOc1cc(C)cc(C(=O)Oc2cc(OC(=O)c3cc(C)cc(C)c3)cc(OC(=O)c3cc(C)cc(C)c3)c2)c1. The van der Waals surface area contributed by atoms with Gasteiger partial charge in [0.1, 0.15) is 23.0 Å². The Bertz CT molecular complexity index is 1810. The molecule has 0 radical (unpaired) electrons. The van der Waals surface area contributed by atoms with E-state index in [9.17, 15) is 14.4 Å². The molecule has 8 nitrogen and oxygen atoms in total. The Balaban J connectivity index is 1.36. The van der Waals surface area contributed by atoms with E-state index in [0.29, 0.717) is 29.0 Å². The van der Waals surface area contributed by atoms with Crippen molar-refractivity contribution in [3.05, 3.63) is 117 Å². The standard InChI is InChI=1S/C46H58O8Si/c1-32-20-33(2)23-37(22-32)44(47)52-41-29-42(53-45(48)38-24-34(3)21-35(4)25-38)31-43(30-41)54-46(49)39-26-36(5)27-40(28-39)51-18-16-14-12-10-9-11-13-15-17-19-55(7,8)50-6/h20-31H,9-19H2,1-8H3. The second kappa shape index (κ2) is 20.8. The number of carbonyl (C=O) groups is 3. The van der Waals surface area contributed by atoms with Crippen LogP contribution in [0.3, 0.4) is 0 Å². The van der Waals surface area contributed by atoms with E-state index in [2.05, 4.69) is 13.1 Å². The molecule has 4 aromatic rings. The van der Waals surface area contributed by atoms with E-state index in [0.717, 1.165) is 40.7 Å². The first-order chi connectivity index (χ1) is 26.2. The van der Waals surface area contributed by atoms with Crippen LogP contribution in [0.4, 0.5) is 0 Å². The lowest BCUT2D eigenvalue weighted by atomic mass is 10.1. The van der Waals surface area contributed by atoms with Gasteiger partial charge in [-0.15, -0.1) is 0 Å². The zero-order valence-electron chi connectivity index (χ0n) is 34.0. The molecule has 55 heavy (non-hydrogen) atoms. The quantitative estimate of drug-likeness (QED) is 0.0379. The van der Waals surface area contributed by atoms with Gasteiger partial charge in [0.25, 0.3) is 0 Å². The van der Waals surface area contributed by atoms with E-state index in [1.54, 1.807) is 36.4 Å². The third-order valence-corrected chi connectivity index (χ3v) is 12.1. The molecule has 0 atom stereocenters. The van der Waals surface area contributed by atoms with Crippen molar-refractivity contribution < 1.29 is 37.8 Å². The van der Waals surface area contributed by atoms with Gasteiger partial charge in [-0.2, -0.15) is 0 Å². The van der Waals surface area contributed by atoms with Gasteiger partial charge >= 0.3 is 17.9 Å². The maximum absolute atomic E-state index is 13.5. The summed E-state index contributed by atoms with van der Waals surface area (Å²) in [6.07, 6.45) is 10.9. The molecule has 0 N–H and O–H groups in total. The van der Waals surface area contributed by atoms with Crippen LogP contribution in [-0.4, -0.2) is 39.9 Å². The average molecular weight is 767 g/mol. The van der Waals surface area contributed by atoms with Gasteiger partial charge in [-0.3, -0.25) is 0 Å². The molecule has 0 aliphatic carbocycles. The lowest BCUT2D eigenvalue weighted by Crippen LogP contribution is -2.27. The number of ether oxygens (including phenoxy) is 4. The van der Waals surface area contributed by atoms with Crippen LogP contribution in [0.15, 0.2) is 72.8 Å². The third-order valence-electron chi connectivity index (χ3n) is 9.43. The molecular weight excluding hydrogens is 709 g/mol. The predicted molar refractivity (Wildman–Crippen MR) is 221 cm³/mol. The first-order valence-corrected chi connectivity index (χ1v) is 22.6. The zero-order chi connectivity index (χ0) is 40.0. The summed E-state index contributed by atoms with van der Waals surface area (Å²) in [7, 11) is 0.422. The van der Waals surface area contributed by atoms with Crippen LogP contribution in [0.25, 0.3) is 0 Å². The van der Waals surface area contributed by atoms with Gasteiger partial charge < -0.3 is 23.4 Å². The summed E-state index contributed by atoms with van der Waals surface area (Å²) >= 11 is 0. The monoisotopic (exact) mass is 766 g/mol. The van der Waals surface area contributed by atoms with E-state index in [1.807, 2.05) is 59.9 Å². The highest BCUT2D eigenvalue weighted by Gasteiger charge is 2.20. The van der Waals surface area contributed by atoms with Gasteiger partial charge in [0, 0.05) is 25.3 Å². The van der Waals surface area contributed by atoms with Crippen molar-refractivity contribution in [3.63, 3.8) is 0 Å². The topological polar surface area (TPSA) is 97.4 Å². The van der Waals surface area contributed by atoms with Crippen molar-refractivity contribution in [2.45, 2.75) is 112 Å². The Hall–Kier alpha value is -4.73. The van der Waals surface area contributed by atoms with Crippen LogP contribution < -0.4 is 18.9 Å². The molecule has 0 aromatic heterocycles. The minimum Gasteiger partial charge on any atom is -0.494 e. The van der Waals surface area contributed by atoms with Crippen molar-refractivity contribution in [2.75, 3.05) is 13.7 Å². The number of hydrogen-bond acceptors (Lipinski definition) is 8. The molecule has 294 valence electrons. The molecule has 0 bridgehead atoms. The summed E-state index contributed by atoms with van der Waals surface area (Å²) in [6, 6.07) is 21.6. The van der Waals surface area contributed by atoms with Crippen LogP contribution in [0.1, 0.15) is 117 Å². The van der Waals surface area contributed by atoms with Gasteiger partial charge in [0.05, 0.1) is 23.3 Å². The number of rotatable bonds is 20. The number of unbranched alkanes of at least 4 members (excludes halogenated alkanes) is 8. The van der Waals surface area contributed by atoms with Crippen molar-refractivity contribution >= 4 is 26.2 Å². The molecule has 0 saturated heterocycles. The first kappa shape index (κ1) is 43.0. The Morgan fingerprint density at radius 1 is 0.436 bits per heavy atom. The van der Waals surface area contributed by atoms with Crippen LogP contribution in [0.2, 0.25) is 19.1 Å². The van der Waals surface area contributed by atoms with Gasteiger partial charge in [-0.25, -0.2) is 14.4 Å². The minimum atomic E-state index is -1.42. The second-order valence-corrected chi connectivity index (χ2v) is 19.8. The molecule has 9 heteroatoms.